The van der Waals surface area contributed by atoms with Gasteiger partial charge in [-0.3, -0.25) is 4.79 Å². The van der Waals surface area contributed by atoms with Gasteiger partial charge in [0.1, 0.15) is 13.2 Å². The maximum atomic E-state index is 10.0. The molecule has 0 spiro atoms. The predicted molar refractivity (Wildman–Crippen MR) is 48.8 cm³/mol. The van der Waals surface area contributed by atoms with Gasteiger partial charge >= 0.3 is 12.1 Å². The number of rotatable bonds is 0. The van der Waals surface area contributed by atoms with E-state index in [1.807, 2.05) is 13.8 Å². The smallest absolute Gasteiger partial charge is 0.466 e. The molecule has 0 N–H and O–H groups in total. The molecule has 5 heteroatoms. The number of ether oxygens (including phenoxy) is 3. The molecule has 5 nitrogen and oxygen atoms in total. The van der Waals surface area contributed by atoms with E-state index in [0.717, 1.165) is 6.42 Å². The monoisotopic (exact) mass is 204 g/mol. The Morgan fingerprint density at radius 3 is 1.64 bits per heavy atom. The number of hydrogen-bond donors (Lipinski definition) is 0. The van der Waals surface area contributed by atoms with Crippen molar-refractivity contribution in [1.29, 1.82) is 0 Å². The molecule has 14 heavy (non-hydrogen) atoms. The zero-order chi connectivity index (χ0) is 10.8. The highest BCUT2D eigenvalue weighted by Gasteiger charge is 2.09. The molecule has 0 unspecified atom stereocenters. The standard InChI is InChI=1S/C4H6O2.C3H4O3.C2H6/c5-4-2-1-3-6-4;4-3-5-1-2-6-3;1-2/h1-3H2;1-2H2;1-2H3. The summed E-state index contributed by atoms with van der Waals surface area (Å²) in [5.41, 5.74) is 0. The summed E-state index contributed by atoms with van der Waals surface area (Å²) in [4.78, 5) is 19.8. The van der Waals surface area contributed by atoms with E-state index in [4.69, 9.17) is 0 Å². The van der Waals surface area contributed by atoms with E-state index in [-0.39, 0.29) is 5.97 Å². The van der Waals surface area contributed by atoms with Crippen LogP contribution >= 0.6 is 0 Å². The van der Waals surface area contributed by atoms with Crippen molar-refractivity contribution >= 4 is 12.1 Å². The van der Waals surface area contributed by atoms with Crippen LogP contribution in [0.2, 0.25) is 0 Å². The maximum Gasteiger partial charge on any atom is 0.508 e. The lowest BCUT2D eigenvalue weighted by atomic mass is 10.4. The molecule has 0 bridgehead atoms. The minimum atomic E-state index is -0.546. The minimum absolute atomic E-state index is 0.0463. The molecule has 2 fully saturated rings. The first-order chi connectivity index (χ1) is 6.79. The zero-order valence-corrected chi connectivity index (χ0v) is 8.58. The molecular formula is C9H16O5. The lowest BCUT2D eigenvalue weighted by molar-refractivity contribution is -0.137. The predicted octanol–water partition coefficient (Wildman–Crippen LogP) is 1.50. The van der Waals surface area contributed by atoms with Crippen LogP contribution in [0.4, 0.5) is 4.79 Å². The van der Waals surface area contributed by atoms with E-state index >= 15 is 0 Å². The minimum Gasteiger partial charge on any atom is -0.466 e. The second-order valence-corrected chi connectivity index (χ2v) is 2.27. The topological polar surface area (TPSA) is 61.8 Å². The Morgan fingerprint density at radius 1 is 0.929 bits per heavy atom. The second kappa shape index (κ2) is 8.34. The third-order valence-electron chi connectivity index (χ3n) is 1.31. The molecule has 2 saturated heterocycles. The molecule has 2 aliphatic rings. The average Bonchev–Trinajstić information content (AvgIpc) is 2.83. The normalized spacial score (nSPS) is 17.9. The van der Waals surface area contributed by atoms with E-state index in [9.17, 15) is 9.59 Å². The Kier molecular flexibility index (Phi) is 7.59. The molecule has 2 heterocycles. The second-order valence-electron chi connectivity index (χ2n) is 2.27. The zero-order valence-electron chi connectivity index (χ0n) is 8.58. The first-order valence-corrected chi connectivity index (χ1v) is 4.74. The molecule has 2 aliphatic heterocycles. The summed E-state index contributed by atoms with van der Waals surface area (Å²) >= 11 is 0. The van der Waals surface area contributed by atoms with Crippen molar-refractivity contribution < 1.29 is 23.8 Å². The quantitative estimate of drug-likeness (QED) is 0.559. The van der Waals surface area contributed by atoms with Gasteiger partial charge in [-0.2, -0.15) is 0 Å². The lowest BCUT2D eigenvalue weighted by Gasteiger charge is -1.81. The Bertz CT molecular complexity index is 142. The molecule has 0 atom stereocenters. The van der Waals surface area contributed by atoms with Crippen LogP contribution in [0.25, 0.3) is 0 Å². The first kappa shape index (κ1) is 12.7. The molecule has 0 aliphatic carbocycles. The van der Waals surface area contributed by atoms with Gasteiger partial charge in [-0.05, 0) is 6.42 Å². The molecule has 0 amide bonds. The van der Waals surface area contributed by atoms with Crippen molar-refractivity contribution in [2.75, 3.05) is 19.8 Å². The van der Waals surface area contributed by atoms with Gasteiger partial charge in [0.05, 0.1) is 6.61 Å². The molecule has 2 rings (SSSR count). The summed E-state index contributed by atoms with van der Waals surface area (Å²) < 4.78 is 13.1. The van der Waals surface area contributed by atoms with Gasteiger partial charge in [0.15, 0.2) is 0 Å². The van der Waals surface area contributed by atoms with Crippen LogP contribution in [0.3, 0.4) is 0 Å². The van der Waals surface area contributed by atoms with Crippen LogP contribution in [0.1, 0.15) is 26.7 Å². The van der Waals surface area contributed by atoms with Crippen LogP contribution in [0, 0.1) is 0 Å². The largest absolute Gasteiger partial charge is 0.508 e. The SMILES string of the molecule is CC.O=C1CCCO1.O=C1OCCO1. The van der Waals surface area contributed by atoms with Gasteiger partial charge in [-0.15, -0.1) is 0 Å². The summed E-state index contributed by atoms with van der Waals surface area (Å²) in [5, 5.41) is 0. The Morgan fingerprint density at radius 2 is 1.50 bits per heavy atom. The highest BCUT2D eigenvalue weighted by molar-refractivity contribution is 5.70. The summed E-state index contributed by atoms with van der Waals surface area (Å²) in [5.74, 6) is -0.0463. The number of hydrogen-bond acceptors (Lipinski definition) is 5. The van der Waals surface area contributed by atoms with Gasteiger partial charge in [0.25, 0.3) is 0 Å². The number of esters is 1. The van der Waals surface area contributed by atoms with Crippen molar-refractivity contribution in [3.8, 4) is 0 Å². The molecule has 82 valence electrons. The van der Waals surface area contributed by atoms with E-state index in [0.29, 0.717) is 26.2 Å². The first-order valence-electron chi connectivity index (χ1n) is 4.74. The Balaban J connectivity index is 0.000000206. The molecule has 0 radical (unpaired) electrons. The molecule has 0 aromatic carbocycles. The fraction of sp³-hybridized carbons (Fsp3) is 0.778. The Hall–Kier alpha value is -1.26. The van der Waals surface area contributed by atoms with Crippen molar-refractivity contribution in [3.05, 3.63) is 0 Å². The van der Waals surface area contributed by atoms with Crippen LogP contribution in [0.15, 0.2) is 0 Å². The van der Waals surface area contributed by atoms with Crippen molar-refractivity contribution in [1.82, 2.24) is 0 Å². The number of carbonyl (C=O) groups excluding carboxylic acids is 2. The van der Waals surface area contributed by atoms with Gasteiger partial charge in [0.2, 0.25) is 0 Å². The van der Waals surface area contributed by atoms with E-state index in [1.165, 1.54) is 0 Å². The third kappa shape index (κ3) is 6.28. The molecule has 0 aromatic rings. The van der Waals surface area contributed by atoms with Crippen LogP contribution in [-0.4, -0.2) is 31.9 Å². The fourth-order valence-electron chi connectivity index (χ4n) is 0.766. The maximum absolute atomic E-state index is 10.0. The molecular weight excluding hydrogens is 188 g/mol. The van der Waals surface area contributed by atoms with E-state index in [1.54, 1.807) is 0 Å². The number of cyclic esters (lactones) is 3. The van der Waals surface area contributed by atoms with E-state index < -0.39 is 6.16 Å². The van der Waals surface area contributed by atoms with Gasteiger partial charge < -0.3 is 14.2 Å². The van der Waals surface area contributed by atoms with Crippen molar-refractivity contribution in [2.24, 2.45) is 0 Å². The van der Waals surface area contributed by atoms with Gasteiger partial charge in [-0.1, -0.05) is 13.8 Å². The van der Waals surface area contributed by atoms with Crippen molar-refractivity contribution in [3.63, 3.8) is 0 Å². The van der Waals surface area contributed by atoms with Crippen molar-refractivity contribution in [2.45, 2.75) is 26.7 Å². The van der Waals surface area contributed by atoms with Gasteiger partial charge in [0, 0.05) is 6.42 Å². The average molecular weight is 204 g/mol. The lowest BCUT2D eigenvalue weighted by Crippen LogP contribution is -1.88. The summed E-state index contributed by atoms with van der Waals surface area (Å²) in [6.07, 6.45) is 0.994. The van der Waals surface area contributed by atoms with Crippen LogP contribution in [-0.2, 0) is 19.0 Å². The van der Waals surface area contributed by atoms with Crippen LogP contribution < -0.4 is 0 Å². The fourth-order valence-corrected chi connectivity index (χ4v) is 0.766. The van der Waals surface area contributed by atoms with Crippen LogP contribution in [0.5, 0.6) is 0 Å². The third-order valence-corrected chi connectivity index (χ3v) is 1.31. The molecule has 0 saturated carbocycles. The summed E-state index contributed by atoms with van der Waals surface area (Å²) in [7, 11) is 0. The summed E-state index contributed by atoms with van der Waals surface area (Å²) in [6, 6.07) is 0. The van der Waals surface area contributed by atoms with E-state index in [2.05, 4.69) is 14.2 Å². The highest BCUT2D eigenvalue weighted by atomic mass is 16.8. The highest BCUT2D eigenvalue weighted by Crippen LogP contribution is 2.01. The Labute approximate surface area is 83.3 Å². The number of carbonyl (C=O) groups is 2. The van der Waals surface area contributed by atoms with Gasteiger partial charge in [-0.25, -0.2) is 4.79 Å². The summed E-state index contributed by atoms with van der Waals surface area (Å²) in [6.45, 7) is 5.47. The molecule has 0 aromatic heterocycles.